The zero-order chi connectivity index (χ0) is 18.4. The Bertz CT molecular complexity index is 650. The van der Waals surface area contributed by atoms with Crippen molar-refractivity contribution in [3.63, 3.8) is 0 Å². The van der Waals surface area contributed by atoms with E-state index in [9.17, 15) is 9.59 Å². The molecule has 2 rings (SSSR count). The summed E-state index contributed by atoms with van der Waals surface area (Å²) < 4.78 is 0. The molecular weight excluding hydrogens is 312 g/mol. The van der Waals surface area contributed by atoms with Crippen LogP contribution in [-0.4, -0.2) is 35.7 Å². The highest BCUT2D eigenvalue weighted by molar-refractivity contribution is 6.04. The number of carbonyl (C=O) groups is 2. The Hall–Kier alpha value is -2.62. The smallest absolute Gasteiger partial charge is 0.237 e. The highest BCUT2D eigenvalue weighted by Gasteiger charge is 2.39. The molecule has 0 saturated carbocycles. The fraction of sp³-hybridized carbons (Fsp3) is 0.333. The second-order valence-electron chi connectivity index (χ2n) is 6.92. The Balaban J connectivity index is 2.04. The summed E-state index contributed by atoms with van der Waals surface area (Å²) in [6.45, 7) is 4.36. The van der Waals surface area contributed by atoms with Gasteiger partial charge in [0.1, 0.15) is 5.41 Å². The van der Waals surface area contributed by atoms with E-state index in [4.69, 9.17) is 0 Å². The van der Waals surface area contributed by atoms with E-state index >= 15 is 0 Å². The van der Waals surface area contributed by atoms with Crippen LogP contribution in [0, 0.1) is 5.41 Å². The van der Waals surface area contributed by atoms with E-state index < -0.39 is 5.41 Å². The SMILES string of the molecule is CN(Cc1ccccc1)C(=O)C(C)(C)C(=O)N(C)Cc1ccccc1. The zero-order valence-corrected chi connectivity index (χ0v) is 15.4. The van der Waals surface area contributed by atoms with Gasteiger partial charge in [-0.05, 0) is 25.0 Å². The average molecular weight is 338 g/mol. The maximum atomic E-state index is 12.8. The van der Waals surface area contributed by atoms with E-state index in [1.54, 1.807) is 37.7 Å². The third-order valence-corrected chi connectivity index (χ3v) is 4.29. The molecule has 0 unspecified atom stereocenters. The van der Waals surface area contributed by atoms with Gasteiger partial charge in [0.15, 0.2) is 0 Å². The molecule has 0 aromatic heterocycles. The van der Waals surface area contributed by atoms with Crippen molar-refractivity contribution < 1.29 is 9.59 Å². The van der Waals surface area contributed by atoms with Crippen LogP contribution >= 0.6 is 0 Å². The quantitative estimate of drug-likeness (QED) is 0.758. The van der Waals surface area contributed by atoms with Gasteiger partial charge in [0, 0.05) is 27.2 Å². The van der Waals surface area contributed by atoms with Gasteiger partial charge >= 0.3 is 0 Å². The van der Waals surface area contributed by atoms with Crippen LogP contribution in [-0.2, 0) is 22.7 Å². The molecule has 0 aliphatic heterocycles. The molecule has 25 heavy (non-hydrogen) atoms. The minimum absolute atomic E-state index is 0.179. The highest BCUT2D eigenvalue weighted by Crippen LogP contribution is 2.23. The number of rotatable bonds is 6. The Kier molecular flexibility index (Phi) is 5.97. The number of amides is 2. The molecule has 0 saturated heterocycles. The van der Waals surface area contributed by atoms with E-state index in [-0.39, 0.29) is 11.8 Å². The van der Waals surface area contributed by atoms with Crippen molar-refractivity contribution in [3.8, 4) is 0 Å². The topological polar surface area (TPSA) is 40.6 Å². The Morgan fingerprint density at radius 1 is 0.720 bits per heavy atom. The van der Waals surface area contributed by atoms with Gasteiger partial charge in [-0.3, -0.25) is 9.59 Å². The molecule has 0 heterocycles. The van der Waals surface area contributed by atoms with Gasteiger partial charge < -0.3 is 9.80 Å². The molecule has 2 amide bonds. The highest BCUT2D eigenvalue weighted by atomic mass is 16.2. The fourth-order valence-corrected chi connectivity index (χ4v) is 2.90. The lowest BCUT2D eigenvalue weighted by atomic mass is 9.89. The Morgan fingerprint density at radius 2 is 1.04 bits per heavy atom. The van der Waals surface area contributed by atoms with Crippen molar-refractivity contribution in [1.82, 2.24) is 9.80 Å². The summed E-state index contributed by atoms with van der Waals surface area (Å²) in [6.07, 6.45) is 0. The predicted octanol–water partition coefficient (Wildman–Crippen LogP) is 3.33. The molecule has 0 aliphatic carbocycles. The van der Waals surface area contributed by atoms with E-state index in [1.165, 1.54) is 0 Å². The summed E-state index contributed by atoms with van der Waals surface area (Å²) >= 11 is 0. The number of carbonyl (C=O) groups excluding carboxylic acids is 2. The lowest BCUT2D eigenvalue weighted by molar-refractivity contribution is -0.153. The lowest BCUT2D eigenvalue weighted by Gasteiger charge is -2.32. The second kappa shape index (κ2) is 7.97. The monoisotopic (exact) mass is 338 g/mol. The van der Waals surface area contributed by atoms with Crippen molar-refractivity contribution >= 4 is 11.8 Å². The van der Waals surface area contributed by atoms with Gasteiger partial charge in [-0.15, -0.1) is 0 Å². The third kappa shape index (κ3) is 4.69. The lowest BCUT2D eigenvalue weighted by Crippen LogP contribution is -2.48. The van der Waals surface area contributed by atoms with Crippen LogP contribution in [0.1, 0.15) is 25.0 Å². The zero-order valence-electron chi connectivity index (χ0n) is 15.4. The normalized spacial score (nSPS) is 11.0. The average Bonchev–Trinajstić information content (AvgIpc) is 2.62. The number of nitrogens with zero attached hydrogens (tertiary/aromatic N) is 2. The number of hydrogen-bond acceptors (Lipinski definition) is 2. The first-order chi connectivity index (χ1) is 11.8. The molecule has 4 heteroatoms. The van der Waals surface area contributed by atoms with Crippen LogP contribution in [0.15, 0.2) is 60.7 Å². The van der Waals surface area contributed by atoms with Gasteiger partial charge in [0.25, 0.3) is 0 Å². The third-order valence-electron chi connectivity index (χ3n) is 4.29. The summed E-state index contributed by atoms with van der Waals surface area (Å²) in [7, 11) is 3.48. The second-order valence-corrected chi connectivity index (χ2v) is 6.92. The van der Waals surface area contributed by atoms with Crippen molar-refractivity contribution in [2.45, 2.75) is 26.9 Å². The molecule has 132 valence electrons. The van der Waals surface area contributed by atoms with Gasteiger partial charge in [-0.2, -0.15) is 0 Å². The van der Waals surface area contributed by atoms with Crippen LogP contribution in [0.2, 0.25) is 0 Å². The maximum Gasteiger partial charge on any atom is 0.237 e. The molecule has 2 aromatic rings. The first kappa shape index (κ1) is 18.7. The van der Waals surface area contributed by atoms with Gasteiger partial charge in [0.2, 0.25) is 11.8 Å². The summed E-state index contributed by atoms with van der Waals surface area (Å²) in [4.78, 5) is 28.9. The number of benzene rings is 2. The molecule has 0 radical (unpaired) electrons. The molecule has 2 aromatic carbocycles. The number of hydrogen-bond donors (Lipinski definition) is 0. The van der Waals surface area contributed by atoms with Crippen LogP contribution < -0.4 is 0 Å². The molecule has 0 N–H and O–H groups in total. The van der Waals surface area contributed by atoms with Crippen LogP contribution in [0.5, 0.6) is 0 Å². The summed E-state index contributed by atoms with van der Waals surface area (Å²) in [5.41, 5.74) is 0.978. The van der Waals surface area contributed by atoms with Crippen molar-refractivity contribution in [3.05, 3.63) is 71.8 Å². The molecule has 4 nitrogen and oxygen atoms in total. The first-order valence-electron chi connectivity index (χ1n) is 8.41. The van der Waals surface area contributed by atoms with Crippen molar-refractivity contribution in [2.75, 3.05) is 14.1 Å². The van der Waals surface area contributed by atoms with E-state index in [0.29, 0.717) is 13.1 Å². The van der Waals surface area contributed by atoms with Crippen LogP contribution in [0.3, 0.4) is 0 Å². The standard InChI is InChI=1S/C21H26N2O2/c1-21(2,19(24)22(3)15-17-11-7-5-8-12-17)20(25)23(4)16-18-13-9-6-10-14-18/h5-14H,15-16H2,1-4H3. The maximum absolute atomic E-state index is 12.8. The predicted molar refractivity (Wildman–Crippen MR) is 99.6 cm³/mol. The van der Waals surface area contributed by atoms with Crippen LogP contribution in [0.4, 0.5) is 0 Å². The summed E-state index contributed by atoms with van der Waals surface area (Å²) in [6, 6.07) is 19.5. The largest absolute Gasteiger partial charge is 0.341 e. The van der Waals surface area contributed by atoms with E-state index in [2.05, 4.69) is 0 Å². The Labute approximate surface area is 150 Å². The molecule has 0 spiro atoms. The van der Waals surface area contributed by atoms with Crippen LogP contribution in [0.25, 0.3) is 0 Å². The fourth-order valence-electron chi connectivity index (χ4n) is 2.90. The molecule has 0 aliphatic rings. The molecule has 0 atom stereocenters. The minimum atomic E-state index is -1.10. The van der Waals surface area contributed by atoms with Gasteiger partial charge in [-0.25, -0.2) is 0 Å². The minimum Gasteiger partial charge on any atom is -0.341 e. The van der Waals surface area contributed by atoms with E-state index in [0.717, 1.165) is 11.1 Å². The Morgan fingerprint density at radius 3 is 1.36 bits per heavy atom. The summed E-state index contributed by atoms with van der Waals surface area (Å²) in [5.74, 6) is -0.359. The first-order valence-corrected chi connectivity index (χ1v) is 8.41. The van der Waals surface area contributed by atoms with Gasteiger partial charge in [-0.1, -0.05) is 60.7 Å². The molecular formula is C21H26N2O2. The van der Waals surface area contributed by atoms with Crippen molar-refractivity contribution in [2.24, 2.45) is 5.41 Å². The van der Waals surface area contributed by atoms with Crippen molar-refractivity contribution in [1.29, 1.82) is 0 Å². The molecule has 0 bridgehead atoms. The molecule has 0 fully saturated rings. The van der Waals surface area contributed by atoms with E-state index in [1.807, 2.05) is 60.7 Å². The van der Waals surface area contributed by atoms with Gasteiger partial charge in [0.05, 0.1) is 0 Å². The summed E-state index contributed by atoms with van der Waals surface area (Å²) in [5, 5.41) is 0.